The molecule has 0 spiro atoms. The summed E-state index contributed by atoms with van der Waals surface area (Å²) in [5.74, 6) is -0.402. The molecule has 1 amide bonds. The molecule has 1 aromatic rings. The smallest absolute Gasteiger partial charge is 0.252 e. The van der Waals surface area contributed by atoms with E-state index in [1.807, 2.05) is 0 Å². The van der Waals surface area contributed by atoms with Gasteiger partial charge in [0.25, 0.3) is 5.91 Å². The van der Waals surface area contributed by atoms with Crippen molar-refractivity contribution in [1.82, 2.24) is 10.0 Å². The summed E-state index contributed by atoms with van der Waals surface area (Å²) in [7, 11) is -3.49. The van der Waals surface area contributed by atoms with Gasteiger partial charge in [0.15, 0.2) is 0 Å². The monoisotopic (exact) mass is 279 g/mol. The molecule has 1 fully saturated rings. The lowest BCUT2D eigenvalue weighted by Gasteiger charge is -2.06. The third-order valence-electron chi connectivity index (χ3n) is 2.65. The van der Waals surface area contributed by atoms with Crippen LogP contribution in [-0.2, 0) is 10.0 Å². The Morgan fingerprint density at radius 3 is 2.47 bits per heavy atom. The minimum atomic E-state index is -3.49. The van der Waals surface area contributed by atoms with Gasteiger partial charge in [-0.05, 0) is 37.1 Å². The number of carbonyl (C=O) groups is 1. The summed E-state index contributed by atoms with van der Waals surface area (Å²) in [5, 5.41) is 10.7. The van der Waals surface area contributed by atoms with E-state index in [2.05, 4.69) is 10.0 Å². The van der Waals surface area contributed by atoms with Crippen molar-refractivity contribution in [2.45, 2.75) is 23.8 Å². The normalized spacial score (nSPS) is 14.7. The molecular weight excluding hydrogens is 266 g/mol. The number of benzene rings is 1. The topological polar surface area (TPSA) is 99.1 Å². The molecule has 1 saturated carbocycles. The minimum absolute atomic E-state index is 0.0450. The molecule has 19 heavy (non-hydrogen) atoms. The van der Waals surface area contributed by atoms with Crippen LogP contribution in [0.1, 0.15) is 23.2 Å². The molecule has 0 aliphatic heterocycles. The number of nitrogens with one attached hydrogen (secondary N) is 2. The molecular formula is C12H13N3O3S. The second-order valence-electron chi connectivity index (χ2n) is 4.26. The molecule has 0 radical (unpaired) electrons. The SMILES string of the molecule is N#CCNC(=O)c1ccc(S(=O)(=O)NC2CC2)cc1. The quantitative estimate of drug-likeness (QED) is 0.761. The first-order chi connectivity index (χ1) is 9.03. The summed E-state index contributed by atoms with van der Waals surface area (Å²) in [6.07, 6.45) is 1.74. The highest BCUT2D eigenvalue weighted by Crippen LogP contribution is 2.22. The van der Waals surface area contributed by atoms with Crippen LogP contribution in [0.4, 0.5) is 0 Å². The molecule has 6 nitrogen and oxygen atoms in total. The van der Waals surface area contributed by atoms with Gasteiger partial charge in [-0.25, -0.2) is 13.1 Å². The van der Waals surface area contributed by atoms with Crippen LogP contribution >= 0.6 is 0 Å². The van der Waals surface area contributed by atoms with Crippen molar-refractivity contribution in [1.29, 1.82) is 5.26 Å². The van der Waals surface area contributed by atoms with Crippen LogP contribution in [0.3, 0.4) is 0 Å². The number of amides is 1. The molecule has 2 N–H and O–H groups in total. The van der Waals surface area contributed by atoms with Gasteiger partial charge in [0, 0.05) is 11.6 Å². The number of nitrogens with zero attached hydrogens (tertiary/aromatic N) is 1. The maximum absolute atomic E-state index is 11.9. The molecule has 1 aliphatic carbocycles. The molecule has 7 heteroatoms. The lowest BCUT2D eigenvalue weighted by atomic mass is 10.2. The van der Waals surface area contributed by atoms with Crippen molar-refractivity contribution >= 4 is 15.9 Å². The van der Waals surface area contributed by atoms with Crippen molar-refractivity contribution in [3.05, 3.63) is 29.8 Å². The number of hydrogen-bond donors (Lipinski definition) is 2. The molecule has 1 aliphatic rings. The van der Waals surface area contributed by atoms with Crippen molar-refractivity contribution in [2.75, 3.05) is 6.54 Å². The van der Waals surface area contributed by atoms with Crippen LogP contribution in [0.15, 0.2) is 29.2 Å². The van der Waals surface area contributed by atoms with Gasteiger partial charge in [0.1, 0.15) is 6.54 Å². The molecule has 1 aromatic carbocycles. The van der Waals surface area contributed by atoms with E-state index in [1.54, 1.807) is 6.07 Å². The first-order valence-electron chi connectivity index (χ1n) is 5.80. The third kappa shape index (κ3) is 3.53. The summed E-state index contributed by atoms with van der Waals surface area (Å²) in [5.41, 5.74) is 0.320. The number of sulfonamides is 1. The fraction of sp³-hybridized carbons (Fsp3) is 0.333. The Morgan fingerprint density at radius 2 is 1.95 bits per heavy atom. The standard InChI is InChI=1S/C12H13N3O3S/c13-7-8-14-12(16)9-1-5-11(6-2-9)19(17,18)15-10-3-4-10/h1-2,5-6,10,15H,3-4,8H2,(H,14,16). The van der Waals surface area contributed by atoms with Gasteiger partial charge in [0.05, 0.1) is 11.0 Å². The van der Waals surface area contributed by atoms with Gasteiger partial charge < -0.3 is 5.32 Å². The zero-order chi connectivity index (χ0) is 13.9. The molecule has 0 atom stereocenters. The second kappa shape index (κ2) is 5.38. The number of hydrogen-bond acceptors (Lipinski definition) is 4. The maximum Gasteiger partial charge on any atom is 0.252 e. The highest BCUT2D eigenvalue weighted by atomic mass is 32.2. The molecule has 0 unspecified atom stereocenters. The summed E-state index contributed by atoms with van der Waals surface area (Å²) in [4.78, 5) is 11.7. The average Bonchev–Trinajstić information content (AvgIpc) is 3.19. The van der Waals surface area contributed by atoms with E-state index in [0.29, 0.717) is 5.56 Å². The Hall–Kier alpha value is -1.91. The maximum atomic E-state index is 11.9. The second-order valence-corrected chi connectivity index (χ2v) is 5.97. The van der Waals surface area contributed by atoms with E-state index < -0.39 is 15.9 Å². The average molecular weight is 279 g/mol. The van der Waals surface area contributed by atoms with E-state index in [9.17, 15) is 13.2 Å². The van der Waals surface area contributed by atoms with E-state index in [0.717, 1.165) is 12.8 Å². The molecule has 2 rings (SSSR count). The van der Waals surface area contributed by atoms with Crippen molar-refractivity contribution < 1.29 is 13.2 Å². The molecule has 0 aromatic heterocycles. The van der Waals surface area contributed by atoms with Gasteiger partial charge >= 0.3 is 0 Å². The van der Waals surface area contributed by atoms with E-state index in [1.165, 1.54) is 24.3 Å². The third-order valence-corrected chi connectivity index (χ3v) is 4.19. The predicted octanol–water partition coefficient (Wildman–Crippen LogP) is 0.381. The minimum Gasteiger partial charge on any atom is -0.339 e. The first-order valence-corrected chi connectivity index (χ1v) is 7.29. The van der Waals surface area contributed by atoms with Gasteiger partial charge in [-0.3, -0.25) is 4.79 Å². The van der Waals surface area contributed by atoms with E-state index in [-0.39, 0.29) is 17.5 Å². The zero-order valence-corrected chi connectivity index (χ0v) is 10.9. The summed E-state index contributed by atoms with van der Waals surface area (Å²) in [6.45, 7) is -0.0812. The van der Waals surface area contributed by atoms with Crippen molar-refractivity contribution in [2.24, 2.45) is 0 Å². The van der Waals surface area contributed by atoms with Crippen LogP contribution in [0.2, 0.25) is 0 Å². The zero-order valence-electron chi connectivity index (χ0n) is 10.1. The Balaban J connectivity index is 2.09. The fourth-order valence-electron chi connectivity index (χ4n) is 1.50. The van der Waals surface area contributed by atoms with Crippen molar-refractivity contribution in [3.8, 4) is 6.07 Å². The molecule has 100 valence electrons. The van der Waals surface area contributed by atoms with Crippen LogP contribution in [-0.4, -0.2) is 26.9 Å². The predicted molar refractivity (Wildman–Crippen MR) is 67.7 cm³/mol. The van der Waals surface area contributed by atoms with Crippen LogP contribution < -0.4 is 10.0 Å². The Bertz CT molecular complexity index is 613. The van der Waals surface area contributed by atoms with E-state index in [4.69, 9.17) is 5.26 Å². The highest BCUT2D eigenvalue weighted by molar-refractivity contribution is 7.89. The Labute approximate surface area is 111 Å². The van der Waals surface area contributed by atoms with Gasteiger partial charge in [-0.15, -0.1) is 0 Å². The van der Waals surface area contributed by atoms with Crippen LogP contribution in [0.25, 0.3) is 0 Å². The first kappa shape index (κ1) is 13.5. The lowest BCUT2D eigenvalue weighted by Crippen LogP contribution is -2.26. The van der Waals surface area contributed by atoms with Crippen LogP contribution in [0, 0.1) is 11.3 Å². The molecule has 0 heterocycles. The van der Waals surface area contributed by atoms with Crippen molar-refractivity contribution in [3.63, 3.8) is 0 Å². The Kier molecular flexibility index (Phi) is 3.83. The highest BCUT2D eigenvalue weighted by Gasteiger charge is 2.27. The van der Waals surface area contributed by atoms with Crippen LogP contribution in [0.5, 0.6) is 0 Å². The van der Waals surface area contributed by atoms with Gasteiger partial charge in [0.2, 0.25) is 10.0 Å². The summed E-state index contributed by atoms with van der Waals surface area (Å²) in [6, 6.07) is 7.45. The summed E-state index contributed by atoms with van der Waals surface area (Å²) >= 11 is 0. The number of nitriles is 1. The van der Waals surface area contributed by atoms with Gasteiger partial charge in [-0.2, -0.15) is 5.26 Å². The molecule has 0 saturated heterocycles. The summed E-state index contributed by atoms with van der Waals surface area (Å²) < 4.78 is 26.3. The van der Waals surface area contributed by atoms with E-state index >= 15 is 0 Å². The number of carbonyl (C=O) groups excluding carboxylic acids is 1. The molecule has 0 bridgehead atoms. The fourth-order valence-corrected chi connectivity index (χ4v) is 2.80. The lowest BCUT2D eigenvalue weighted by molar-refractivity contribution is 0.0958. The number of rotatable bonds is 5. The van der Waals surface area contributed by atoms with Gasteiger partial charge in [-0.1, -0.05) is 0 Å². The largest absolute Gasteiger partial charge is 0.339 e. The Morgan fingerprint density at radius 1 is 1.32 bits per heavy atom.